The molecule has 22 heavy (non-hydrogen) atoms. The van der Waals surface area contributed by atoms with Crippen LogP contribution in [0.5, 0.6) is 5.75 Å². The summed E-state index contributed by atoms with van der Waals surface area (Å²) in [6.45, 7) is 3.22. The highest BCUT2D eigenvalue weighted by atomic mass is 32.1. The number of aryl methyl sites for hydroxylation is 1. The fraction of sp³-hybridized carbons (Fsp3) is 0.235. The standard InChI is InChI=1S/C17H17NO3S/c1-11-15(19)6-5-14-12(8-16(20)21-17(11)14)9-18(2)10-13-4-3-7-22-13/h3-8,19H,9-10H2,1-2H3. The van der Waals surface area contributed by atoms with E-state index in [1.165, 1.54) is 10.9 Å². The van der Waals surface area contributed by atoms with Crippen molar-refractivity contribution < 1.29 is 9.52 Å². The van der Waals surface area contributed by atoms with E-state index in [9.17, 15) is 9.90 Å². The molecule has 3 aromatic rings. The number of phenols is 1. The summed E-state index contributed by atoms with van der Waals surface area (Å²) in [4.78, 5) is 15.2. The van der Waals surface area contributed by atoms with Crippen LogP contribution >= 0.6 is 11.3 Å². The van der Waals surface area contributed by atoms with E-state index in [4.69, 9.17) is 4.42 Å². The lowest BCUT2D eigenvalue weighted by Crippen LogP contribution is -2.18. The van der Waals surface area contributed by atoms with Crippen LogP contribution in [0.15, 0.2) is 44.9 Å². The van der Waals surface area contributed by atoms with Gasteiger partial charge >= 0.3 is 5.63 Å². The second-order valence-corrected chi connectivity index (χ2v) is 6.46. The third kappa shape index (κ3) is 2.91. The summed E-state index contributed by atoms with van der Waals surface area (Å²) < 4.78 is 5.27. The molecule has 2 aromatic heterocycles. The van der Waals surface area contributed by atoms with Crippen molar-refractivity contribution >= 4 is 22.3 Å². The van der Waals surface area contributed by atoms with E-state index >= 15 is 0 Å². The Morgan fingerprint density at radius 3 is 2.82 bits per heavy atom. The Bertz CT molecular complexity index is 852. The topological polar surface area (TPSA) is 53.7 Å². The lowest BCUT2D eigenvalue weighted by molar-refractivity contribution is 0.322. The maximum Gasteiger partial charge on any atom is 0.336 e. The van der Waals surface area contributed by atoms with Crippen molar-refractivity contribution in [2.24, 2.45) is 0 Å². The van der Waals surface area contributed by atoms with Crippen molar-refractivity contribution in [2.75, 3.05) is 7.05 Å². The molecule has 0 atom stereocenters. The summed E-state index contributed by atoms with van der Waals surface area (Å²) in [7, 11) is 2.02. The Morgan fingerprint density at radius 1 is 1.27 bits per heavy atom. The van der Waals surface area contributed by atoms with Gasteiger partial charge in [0.1, 0.15) is 11.3 Å². The van der Waals surface area contributed by atoms with Crippen LogP contribution in [0, 0.1) is 6.92 Å². The SMILES string of the molecule is Cc1c(O)ccc2c(CN(C)Cc3cccs3)cc(=O)oc12. The Morgan fingerprint density at radius 2 is 2.09 bits per heavy atom. The molecule has 0 saturated heterocycles. The normalized spacial score (nSPS) is 11.4. The average Bonchev–Trinajstić information content (AvgIpc) is 2.96. The first-order valence-electron chi connectivity index (χ1n) is 7.01. The monoisotopic (exact) mass is 315 g/mol. The zero-order valence-corrected chi connectivity index (χ0v) is 13.3. The van der Waals surface area contributed by atoms with Crippen molar-refractivity contribution in [3.05, 3.63) is 62.1 Å². The van der Waals surface area contributed by atoms with Crippen LogP contribution in [-0.4, -0.2) is 17.1 Å². The van der Waals surface area contributed by atoms with Crippen molar-refractivity contribution in [1.29, 1.82) is 0 Å². The maximum absolute atomic E-state index is 11.8. The van der Waals surface area contributed by atoms with Gasteiger partial charge in [0.05, 0.1) is 0 Å². The van der Waals surface area contributed by atoms with Crippen molar-refractivity contribution in [3.8, 4) is 5.75 Å². The second kappa shape index (κ2) is 5.94. The van der Waals surface area contributed by atoms with E-state index in [-0.39, 0.29) is 11.4 Å². The molecule has 3 rings (SSSR count). The number of phenolic OH excluding ortho intramolecular Hbond substituents is 1. The largest absolute Gasteiger partial charge is 0.508 e. The first-order chi connectivity index (χ1) is 10.5. The Kier molecular flexibility index (Phi) is 4.00. The number of rotatable bonds is 4. The van der Waals surface area contributed by atoms with Gasteiger partial charge < -0.3 is 9.52 Å². The molecule has 0 bridgehead atoms. The number of aromatic hydroxyl groups is 1. The third-order valence-electron chi connectivity index (χ3n) is 3.66. The predicted octanol–water partition coefficient (Wildman–Crippen LogP) is 3.50. The van der Waals surface area contributed by atoms with Crippen molar-refractivity contribution in [3.63, 3.8) is 0 Å². The summed E-state index contributed by atoms with van der Waals surface area (Å²) in [6, 6.07) is 9.10. The van der Waals surface area contributed by atoms with Crippen LogP contribution in [0.3, 0.4) is 0 Å². The number of thiophene rings is 1. The van der Waals surface area contributed by atoms with Gasteiger partial charge in [-0.05, 0) is 43.1 Å². The van der Waals surface area contributed by atoms with Crippen LogP contribution in [-0.2, 0) is 13.1 Å². The summed E-state index contributed by atoms with van der Waals surface area (Å²) in [5, 5.41) is 12.7. The van der Waals surface area contributed by atoms with E-state index in [1.54, 1.807) is 30.4 Å². The highest BCUT2D eigenvalue weighted by molar-refractivity contribution is 7.09. The Hall–Kier alpha value is -2.11. The van der Waals surface area contributed by atoms with E-state index in [1.807, 2.05) is 13.1 Å². The van der Waals surface area contributed by atoms with E-state index < -0.39 is 0 Å². The zero-order valence-electron chi connectivity index (χ0n) is 12.5. The average molecular weight is 315 g/mol. The highest BCUT2D eigenvalue weighted by Gasteiger charge is 2.12. The Balaban J connectivity index is 1.96. The number of hydrogen-bond acceptors (Lipinski definition) is 5. The molecule has 0 saturated carbocycles. The van der Waals surface area contributed by atoms with Crippen LogP contribution in [0.4, 0.5) is 0 Å². The van der Waals surface area contributed by atoms with E-state index in [2.05, 4.69) is 16.3 Å². The minimum atomic E-state index is -0.388. The van der Waals surface area contributed by atoms with Crippen LogP contribution in [0.1, 0.15) is 16.0 Å². The maximum atomic E-state index is 11.8. The van der Waals surface area contributed by atoms with Gasteiger partial charge in [-0.15, -0.1) is 11.3 Å². The summed E-state index contributed by atoms with van der Waals surface area (Å²) >= 11 is 1.72. The fourth-order valence-electron chi connectivity index (χ4n) is 2.56. The molecule has 2 heterocycles. The first kappa shape index (κ1) is 14.8. The second-order valence-electron chi connectivity index (χ2n) is 5.43. The molecule has 0 spiro atoms. The lowest BCUT2D eigenvalue weighted by atomic mass is 10.1. The lowest BCUT2D eigenvalue weighted by Gasteiger charge is -2.17. The fourth-order valence-corrected chi connectivity index (χ4v) is 3.35. The minimum Gasteiger partial charge on any atom is -0.508 e. The number of benzene rings is 1. The molecule has 1 aromatic carbocycles. The van der Waals surface area contributed by atoms with Crippen molar-refractivity contribution in [2.45, 2.75) is 20.0 Å². The van der Waals surface area contributed by atoms with Gasteiger partial charge in [0.15, 0.2) is 0 Å². The molecular formula is C17H17NO3S. The molecule has 0 fully saturated rings. The molecule has 0 radical (unpaired) electrons. The number of nitrogens with zero attached hydrogens (tertiary/aromatic N) is 1. The molecule has 0 aliphatic heterocycles. The summed E-state index contributed by atoms with van der Waals surface area (Å²) in [6.07, 6.45) is 0. The smallest absolute Gasteiger partial charge is 0.336 e. The molecule has 0 aliphatic carbocycles. The molecule has 4 nitrogen and oxygen atoms in total. The van der Waals surface area contributed by atoms with Gasteiger partial charge in [0.2, 0.25) is 0 Å². The van der Waals surface area contributed by atoms with E-state index in [0.717, 1.165) is 17.5 Å². The molecule has 0 aliphatic rings. The van der Waals surface area contributed by atoms with Gasteiger partial charge in [-0.2, -0.15) is 0 Å². The van der Waals surface area contributed by atoms with Crippen LogP contribution in [0.25, 0.3) is 11.0 Å². The van der Waals surface area contributed by atoms with Gasteiger partial charge in [-0.3, -0.25) is 4.90 Å². The molecule has 114 valence electrons. The van der Waals surface area contributed by atoms with E-state index in [0.29, 0.717) is 17.7 Å². The quantitative estimate of drug-likeness (QED) is 0.749. The molecule has 0 unspecified atom stereocenters. The molecule has 1 N–H and O–H groups in total. The van der Waals surface area contributed by atoms with Crippen LogP contribution < -0.4 is 5.63 Å². The highest BCUT2D eigenvalue weighted by Crippen LogP contribution is 2.28. The zero-order chi connectivity index (χ0) is 15.7. The van der Waals surface area contributed by atoms with Crippen molar-refractivity contribution in [1.82, 2.24) is 4.90 Å². The van der Waals surface area contributed by atoms with Gasteiger partial charge in [0, 0.05) is 35.0 Å². The number of hydrogen-bond donors (Lipinski definition) is 1. The Labute approximate surface area is 132 Å². The van der Waals surface area contributed by atoms with Gasteiger partial charge in [-0.25, -0.2) is 4.79 Å². The summed E-state index contributed by atoms with van der Waals surface area (Å²) in [5.41, 5.74) is 1.58. The van der Waals surface area contributed by atoms with Gasteiger partial charge in [0.25, 0.3) is 0 Å². The minimum absolute atomic E-state index is 0.139. The van der Waals surface area contributed by atoms with Gasteiger partial charge in [-0.1, -0.05) is 6.07 Å². The third-order valence-corrected chi connectivity index (χ3v) is 4.53. The molecule has 5 heteroatoms. The molecule has 0 amide bonds. The van der Waals surface area contributed by atoms with Crippen LogP contribution in [0.2, 0.25) is 0 Å². The molecular weight excluding hydrogens is 298 g/mol. The number of fused-ring (bicyclic) bond motifs is 1. The first-order valence-corrected chi connectivity index (χ1v) is 7.89. The predicted molar refractivity (Wildman–Crippen MR) is 88.4 cm³/mol. The summed E-state index contributed by atoms with van der Waals surface area (Å²) in [5.74, 6) is 0.139.